The van der Waals surface area contributed by atoms with Crippen LogP contribution in [0.4, 0.5) is 0 Å². The van der Waals surface area contributed by atoms with Gasteiger partial charge in [0.15, 0.2) is 0 Å². The fraction of sp³-hybridized carbons (Fsp3) is 0.438. The van der Waals surface area contributed by atoms with Gasteiger partial charge in [0.25, 0.3) is 0 Å². The van der Waals surface area contributed by atoms with Gasteiger partial charge in [-0.2, -0.15) is 4.31 Å². The third-order valence-corrected chi connectivity index (χ3v) is 5.78. The summed E-state index contributed by atoms with van der Waals surface area (Å²) in [5, 5.41) is 2.72. The molecule has 126 valence electrons. The minimum atomic E-state index is -3.44. The van der Waals surface area contributed by atoms with Gasteiger partial charge in [0.1, 0.15) is 0 Å². The largest absolute Gasteiger partial charge is 0.348 e. The molecular weight excluding hydrogens is 314 g/mol. The van der Waals surface area contributed by atoms with Crippen LogP contribution in [0.1, 0.15) is 12.5 Å². The van der Waals surface area contributed by atoms with Gasteiger partial charge in [-0.3, -0.25) is 4.79 Å². The van der Waals surface area contributed by atoms with Gasteiger partial charge in [-0.15, -0.1) is 0 Å². The van der Waals surface area contributed by atoms with Gasteiger partial charge in [-0.1, -0.05) is 18.7 Å². The number of benzene rings is 1. The molecule has 0 radical (unpaired) electrons. The third-order valence-electron chi connectivity index (χ3n) is 3.86. The number of rotatable bonds is 5. The van der Waals surface area contributed by atoms with E-state index in [1.807, 2.05) is 7.05 Å². The van der Waals surface area contributed by atoms with E-state index in [9.17, 15) is 13.2 Å². The van der Waals surface area contributed by atoms with Crippen molar-refractivity contribution >= 4 is 15.9 Å². The van der Waals surface area contributed by atoms with Crippen LogP contribution in [0.25, 0.3) is 0 Å². The minimum absolute atomic E-state index is 0.209. The molecule has 1 N–H and O–H groups in total. The number of carbonyl (C=O) groups is 1. The van der Waals surface area contributed by atoms with E-state index in [0.29, 0.717) is 25.2 Å². The van der Waals surface area contributed by atoms with Crippen LogP contribution in [0.5, 0.6) is 0 Å². The molecule has 0 spiro atoms. The molecule has 6 nitrogen and oxygen atoms in total. The van der Waals surface area contributed by atoms with Gasteiger partial charge in [-0.25, -0.2) is 8.42 Å². The Morgan fingerprint density at radius 2 is 1.74 bits per heavy atom. The van der Waals surface area contributed by atoms with Crippen LogP contribution in [-0.4, -0.2) is 56.8 Å². The molecule has 0 aliphatic carbocycles. The van der Waals surface area contributed by atoms with Crippen molar-refractivity contribution in [1.82, 2.24) is 14.5 Å². The van der Waals surface area contributed by atoms with Crippen molar-refractivity contribution in [2.24, 2.45) is 0 Å². The molecule has 1 saturated heterocycles. The van der Waals surface area contributed by atoms with Gasteiger partial charge >= 0.3 is 0 Å². The lowest BCUT2D eigenvalue weighted by Gasteiger charge is -2.31. The summed E-state index contributed by atoms with van der Waals surface area (Å²) < 4.78 is 26.7. The van der Waals surface area contributed by atoms with Crippen molar-refractivity contribution in [3.63, 3.8) is 0 Å². The number of amides is 1. The summed E-state index contributed by atoms with van der Waals surface area (Å²) in [4.78, 5) is 13.9. The second kappa shape index (κ2) is 7.25. The van der Waals surface area contributed by atoms with Gasteiger partial charge in [-0.05, 0) is 31.7 Å². The second-order valence-corrected chi connectivity index (χ2v) is 7.75. The van der Waals surface area contributed by atoms with Crippen molar-refractivity contribution < 1.29 is 13.2 Å². The highest BCUT2D eigenvalue weighted by atomic mass is 32.2. The molecule has 23 heavy (non-hydrogen) atoms. The van der Waals surface area contributed by atoms with Crippen molar-refractivity contribution in [3.8, 4) is 0 Å². The molecular formula is C16H23N3O3S. The van der Waals surface area contributed by atoms with Crippen LogP contribution in [0, 0.1) is 0 Å². The zero-order chi connectivity index (χ0) is 17.0. The molecule has 1 aromatic rings. The van der Waals surface area contributed by atoms with E-state index >= 15 is 0 Å². The highest BCUT2D eigenvalue weighted by molar-refractivity contribution is 7.89. The van der Waals surface area contributed by atoms with Gasteiger partial charge in [0.2, 0.25) is 15.9 Å². The summed E-state index contributed by atoms with van der Waals surface area (Å²) in [6, 6.07) is 6.63. The Labute approximate surface area is 137 Å². The maximum atomic E-state index is 12.6. The standard InChI is InChI=1S/C16H23N3O3S/c1-13(2)16(20)17-12-14-4-6-15(7-5-14)23(21,22)19-10-8-18(3)9-11-19/h4-7H,1,8-12H2,2-3H3,(H,17,20). The maximum absolute atomic E-state index is 12.6. The minimum Gasteiger partial charge on any atom is -0.348 e. The van der Waals surface area contributed by atoms with Gasteiger partial charge in [0, 0.05) is 38.3 Å². The topological polar surface area (TPSA) is 69.7 Å². The Kier molecular flexibility index (Phi) is 5.56. The molecule has 0 aromatic heterocycles. The smallest absolute Gasteiger partial charge is 0.246 e. The van der Waals surface area contributed by atoms with E-state index in [1.54, 1.807) is 31.2 Å². The summed E-state index contributed by atoms with van der Waals surface area (Å²) >= 11 is 0. The van der Waals surface area contributed by atoms with Crippen LogP contribution < -0.4 is 5.32 Å². The Morgan fingerprint density at radius 1 is 1.17 bits per heavy atom. The lowest BCUT2D eigenvalue weighted by molar-refractivity contribution is -0.117. The van der Waals surface area contributed by atoms with Crippen LogP contribution in [0.15, 0.2) is 41.3 Å². The lowest BCUT2D eigenvalue weighted by Crippen LogP contribution is -2.47. The van der Waals surface area contributed by atoms with Crippen molar-refractivity contribution in [3.05, 3.63) is 42.0 Å². The summed E-state index contributed by atoms with van der Waals surface area (Å²) in [6.07, 6.45) is 0. The van der Waals surface area contributed by atoms with Gasteiger partial charge < -0.3 is 10.2 Å². The Bertz CT molecular complexity index is 675. The molecule has 0 bridgehead atoms. The van der Waals surface area contributed by atoms with Crippen LogP contribution in [0.3, 0.4) is 0 Å². The quantitative estimate of drug-likeness (QED) is 0.808. The summed E-state index contributed by atoms with van der Waals surface area (Å²) in [6.45, 7) is 8.06. The fourth-order valence-corrected chi connectivity index (χ4v) is 3.71. The van der Waals surface area contributed by atoms with Crippen LogP contribution in [0.2, 0.25) is 0 Å². The SMILES string of the molecule is C=C(C)C(=O)NCc1ccc(S(=O)(=O)N2CCN(C)CC2)cc1. The average molecular weight is 337 g/mol. The molecule has 2 rings (SSSR count). The number of hydrogen-bond acceptors (Lipinski definition) is 4. The molecule has 1 aliphatic rings. The van der Waals surface area contributed by atoms with E-state index in [2.05, 4.69) is 16.8 Å². The number of nitrogens with zero attached hydrogens (tertiary/aromatic N) is 2. The zero-order valence-corrected chi connectivity index (χ0v) is 14.4. The number of nitrogens with one attached hydrogen (secondary N) is 1. The van der Waals surface area contributed by atoms with E-state index in [0.717, 1.165) is 18.7 Å². The Morgan fingerprint density at radius 3 is 2.26 bits per heavy atom. The van der Waals surface area contributed by atoms with Crippen LogP contribution in [-0.2, 0) is 21.4 Å². The first-order chi connectivity index (χ1) is 10.8. The van der Waals surface area contributed by atoms with E-state index in [-0.39, 0.29) is 10.8 Å². The first-order valence-electron chi connectivity index (χ1n) is 7.52. The number of sulfonamides is 1. The number of piperazine rings is 1. The van der Waals surface area contributed by atoms with E-state index < -0.39 is 10.0 Å². The fourth-order valence-electron chi connectivity index (χ4n) is 2.29. The Balaban J connectivity index is 2.03. The predicted molar refractivity (Wildman–Crippen MR) is 89.4 cm³/mol. The number of hydrogen-bond donors (Lipinski definition) is 1. The Hall–Kier alpha value is -1.70. The monoisotopic (exact) mass is 337 g/mol. The number of likely N-dealkylation sites (N-methyl/N-ethyl adjacent to an activating group) is 1. The molecule has 0 unspecified atom stereocenters. The van der Waals surface area contributed by atoms with Crippen molar-refractivity contribution in [2.45, 2.75) is 18.4 Å². The first kappa shape index (κ1) is 17.7. The first-order valence-corrected chi connectivity index (χ1v) is 8.96. The molecule has 1 heterocycles. The summed E-state index contributed by atoms with van der Waals surface area (Å²) in [7, 11) is -1.46. The highest BCUT2D eigenvalue weighted by Gasteiger charge is 2.27. The molecule has 0 saturated carbocycles. The summed E-state index contributed by atoms with van der Waals surface area (Å²) in [5.74, 6) is -0.209. The van der Waals surface area contributed by atoms with E-state index in [1.165, 1.54) is 4.31 Å². The normalized spacial score (nSPS) is 17.0. The summed E-state index contributed by atoms with van der Waals surface area (Å²) in [5.41, 5.74) is 1.29. The lowest BCUT2D eigenvalue weighted by atomic mass is 10.2. The van der Waals surface area contributed by atoms with Crippen molar-refractivity contribution in [1.29, 1.82) is 0 Å². The maximum Gasteiger partial charge on any atom is 0.246 e. The molecule has 1 fully saturated rings. The molecule has 0 atom stereocenters. The van der Waals surface area contributed by atoms with Gasteiger partial charge in [0.05, 0.1) is 4.90 Å². The van der Waals surface area contributed by atoms with Crippen LogP contribution >= 0.6 is 0 Å². The average Bonchev–Trinajstić information content (AvgIpc) is 2.53. The molecule has 7 heteroatoms. The van der Waals surface area contributed by atoms with Crippen molar-refractivity contribution in [2.75, 3.05) is 33.2 Å². The highest BCUT2D eigenvalue weighted by Crippen LogP contribution is 2.18. The molecule has 1 aromatic carbocycles. The number of carbonyl (C=O) groups excluding carboxylic acids is 1. The third kappa shape index (κ3) is 4.40. The zero-order valence-electron chi connectivity index (χ0n) is 13.6. The van der Waals surface area contributed by atoms with E-state index in [4.69, 9.17) is 0 Å². The molecule has 1 aliphatic heterocycles. The molecule has 1 amide bonds. The second-order valence-electron chi connectivity index (χ2n) is 5.81. The predicted octanol–water partition coefficient (Wildman–Crippen LogP) is 0.815.